The van der Waals surface area contributed by atoms with Crippen molar-refractivity contribution in [3.63, 3.8) is 0 Å². The minimum absolute atomic E-state index is 0.214. The van der Waals surface area contributed by atoms with Gasteiger partial charge in [0.25, 0.3) is 0 Å². The van der Waals surface area contributed by atoms with E-state index in [2.05, 4.69) is 65.4 Å². The van der Waals surface area contributed by atoms with Crippen LogP contribution in [0.25, 0.3) is 22.5 Å². The molecule has 0 aliphatic heterocycles. The van der Waals surface area contributed by atoms with Crippen LogP contribution < -0.4 is 0 Å². The topological polar surface area (TPSA) is 63.1 Å². The van der Waals surface area contributed by atoms with Crippen molar-refractivity contribution < 1.29 is 9.90 Å². The molecule has 0 saturated carbocycles. The predicted octanol–water partition coefficient (Wildman–Crippen LogP) is 7.90. The smallest absolute Gasteiger partial charge is 0.303 e. The second-order valence-electron chi connectivity index (χ2n) is 9.16. The maximum Gasteiger partial charge on any atom is 0.303 e. The summed E-state index contributed by atoms with van der Waals surface area (Å²) < 4.78 is 0. The summed E-state index contributed by atoms with van der Waals surface area (Å²) in [7, 11) is 0. The van der Waals surface area contributed by atoms with Crippen LogP contribution in [0.5, 0.6) is 0 Å². The summed E-state index contributed by atoms with van der Waals surface area (Å²) >= 11 is 0. The number of unbranched alkanes of at least 4 members (excludes halogenated alkanes) is 7. The molecule has 0 atom stereocenters. The lowest BCUT2D eigenvalue weighted by Gasteiger charge is -2.07. The molecule has 2 aromatic carbocycles. The molecule has 0 aliphatic rings. The maximum atomic E-state index is 10.7. The van der Waals surface area contributed by atoms with Gasteiger partial charge in [-0.05, 0) is 47.9 Å². The van der Waals surface area contributed by atoms with Crippen molar-refractivity contribution in [1.82, 2.24) is 9.97 Å². The summed E-state index contributed by atoms with van der Waals surface area (Å²) in [5.74, 6) is 0.0267. The Balaban J connectivity index is 1.45. The van der Waals surface area contributed by atoms with E-state index in [9.17, 15) is 4.79 Å². The normalized spacial score (nSPS) is 11.0. The second-order valence-corrected chi connectivity index (χ2v) is 9.16. The predicted molar refractivity (Wildman–Crippen MR) is 140 cm³/mol. The van der Waals surface area contributed by atoms with E-state index < -0.39 is 5.97 Å². The Labute approximate surface area is 204 Å². The van der Waals surface area contributed by atoms with Gasteiger partial charge in [0.05, 0.1) is 0 Å². The Hall–Kier alpha value is -3.01. The molecule has 0 saturated heterocycles. The molecule has 1 heterocycles. The van der Waals surface area contributed by atoms with Gasteiger partial charge in [0, 0.05) is 24.4 Å². The lowest BCUT2D eigenvalue weighted by atomic mass is 10.0. The van der Waals surface area contributed by atoms with E-state index >= 15 is 0 Å². The van der Waals surface area contributed by atoms with Gasteiger partial charge in [0.1, 0.15) is 0 Å². The number of nitrogens with zero attached hydrogens (tertiary/aromatic N) is 2. The van der Waals surface area contributed by atoms with Crippen LogP contribution >= 0.6 is 0 Å². The third kappa shape index (κ3) is 8.74. The zero-order valence-corrected chi connectivity index (χ0v) is 20.5. The number of hydrogen-bond donors (Lipinski definition) is 1. The lowest BCUT2D eigenvalue weighted by molar-refractivity contribution is -0.137. The fourth-order valence-electron chi connectivity index (χ4n) is 4.22. The molecule has 3 rings (SSSR count). The molecule has 0 amide bonds. The third-order valence-electron chi connectivity index (χ3n) is 6.31. The minimum Gasteiger partial charge on any atom is -0.481 e. The number of rotatable bonds is 15. The molecule has 4 nitrogen and oxygen atoms in total. The highest BCUT2D eigenvalue weighted by atomic mass is 16.4. The van der Waals surface area contributed by atoms with Gasteiger partial charge in [-0.1, -0.05) is 100 Å². The molecule has 180 valence electrons. The Kier molecular flexibility index (Phi) is 10.8. The zero-order chi connectivity index (χ0) is 24.0. The van der Waals surface area contributed by atoms with Gasteiger partial charge in [0.15, 0.2) is 5.82 Å². The van der Waals surface area contributed by atoms with Crippen LogP contribution in [0, 0.1) is 0 Å². The van der Waals surface area contributed by atoms with Crippen molar-refractivity contribution in [3.05, 3.63) is 72.1 Å². The first-order chi connectivity index (χ1) is 16.7. The Bertz CT molecular complexity index is 980. The molecule has 0 radical (unpaired) electrons. The Morgan fingerprint density at radius 1 is 0.647 bits per heavy atom. The van der Waals surface area contributed by atoms with Gasteiger partial charge in [0.2, 0.25) is 0 Å². The third-order valence-corrected chi connectivity index (χ3v) is 6.31. The average Bonchev–Trinajstić information content (AvgIpc) is 2.86. The maximum absolute atomic E-state index is 10.7. The summed E-state index contributed by atoms with van der Waals surface area (Å²) in [5, 5.41) is 8.77. The van der Waals surface area contributed by atoms with Gasteiger partial charge < -0.3 is 5.11 Å². The van der Waals surface area contributed by atoms with E-state index in [1.54, 1.807) is 0 Å². The van der Waals surface area contributed by atoms with Gasteiger partial charge in [-0.2, -0.15) is 0 Å². The fourth-order valence-corrected chi connectivity index (χ4v) is 4.22. The molecule has 0 bridgehead atoms. The summed E-state index contributed by atoms with van der Waals surface area (Å²) in [4.78, 5) is 19.9. The summed E-state index contributed by atoms with van der Waals surface area (Å²) in [6.07, 6.45) is 17.3. The summed E-state index contributed by atoms with van der Waals surface area (Å²) in [6.45, 7) is 2.26. The highest BCUT2D eigenvalue weighted by Gasteiger charge is 2.05. The highest BCUT2D eigenvalue weighted by molar-refractivity contribution is 5.68. The van der Waals surface area contributed by atoms with Crippen molar-refractivity contribution in [2.24, 2.45) is 0 Å². The first kappa shape index (κ1) is 25.6. The zero-order valence-electron chi connectivity index (χ0n) is 20.5. The number of aromatic nitrogens is 2. The van der Waals surface area contributed by atoms with Gasteiger partial charge in [-0.25, -0.2) is 9.97 Å². The van der Waals surface area contributed by atoms with Gasteiger partial charge >= 0.3 is 5.97 Å². The van der Waals surface area contributed by atoms with Gasteiger partial charge in [-0.15, -0.1) is 0 Å². The van der Waals surface area contributed by atoms with Crippen LogP contribution in [0.4, 0.5) is 0 Å². The molecular weight excluding hydrogens is 420 g/mol. The van der Waals surface area contributed by atoms with E-state index in [0.29, 0.717) is 6.42 Å². The molecule has 1 aromatic heterocycles. The van der Waals surface area contributed by atoms with Crippen molar-refractivity contribution >= 4 is 5.97 Å². The number of aryl methyl sites for hydroxylation is 2. The number of carboxylic acids is 1. The summed E-state index contributed by atoms with van der Waals surface area (Å²) in [5.41, 5.74) is 5.70. The molecule has 3 aromatic rings. The average molecular weight is 459 g/mol. The fraction of sp³-hybridized carbons (Fsp3) is 0.433. The van der Waals surface area contributed by atoms with Crippen molar-refractivity contribution in [2.75, 3.05) is 0 Å². The van der Waals surface area contributed by atoms with Crippen molar-refractivity contribution in [1.29, 1.82) is 0 Å². The van der Waals surface area contributed by atoms with Crippen LogP contribution in [0.3, 0.4) is 0 Å². The first-order valence-corrected chi connectivity index (χ1v) is 12.9. The Morgan fingerprint density at radius 2 is 1.15 bits per heavy atom. The van der Waals surface area contributed by atoms with Gasteiger partial charge in [-0.3, -0.25) is 4.79 Å². The molecule has 1 N–H and O–H groups in total. The van der Waals surface area contributed by atoms with Crippen LogP contribution in [-0.4, -0.2) is 21.0 Å². The molecule has 34 heavy (non-hydrogen) atoms. The standard InChI is InChI=1S/C30H38N2O2/c1-2-3-4-5-6-7-8-9-11-25-22-31-30(32-23-25)28-20-18-27(19-21-28)26-16-14-24(15-17-26)12-10-13-29(33)34/h14-23H,2-13H2,1H3,(H,33,34). The number of benzene rings is 2. The van der Waals surface area contributed by atoms with Crippen LogP contribution in [0.15, 0.2) is 60.9 Å². The van der Waals surface area contributed by atoms with Crippen LogP contribution in [0.1, 0.15) is 82.3 Å². The summed E-state index contributed by atoms with van der Waals surface area (Å²) in [6, 6.07) is 16.7. The van der Waals surface area contributed by atoms with E-state index in [-0.39, 0.29) is 6.42 Å². The van der Waals surface area contributed by atoms with Crippen LogP contribution in [0.2, 0.25) is 0 Å². The SMILES string of the molecule is CCCCCCCCCCc1cnc(-c2ccc(-c3ccc(CCCC(=O)O)cc3)cc2)nc1. The first-order valence-electron chi connectivity index (χ1n) is 12.9. The quantitative estimate of drug-likeness (QED) is 0.235. The molecule has 0 unspecified atom stereocenters. The van der Waals surface area contributed by atoms with Crippen molar-refractivity contribution in [3.8, 4) is 22.5 Å². The van der Waals surface area contributed by atoms with E-state index in [0.717, 1.165) is 35.4 Å². The monoisotopic (exact) mass is 458 g/mol. The van der Waals surface area contributed by atoms with Crippen molar-refractivity contribution in [2.45, 2.75) is 84.0 Å². The van der Waals surface area contributed by atoms with E-state index in [1.807, 2.05) is 12.4 Å². The van der Waals surface area contributed by atoms with E-state index in [1.165, 1.54) is 62.5 Å². The second kappa shape index (κ2) is 14.3. The number of carbonyl (C=O) groups is 1. The minimum atomic E-state index is -0.737. The molecular formula is C30H38N2O2. The molecule has 4 heteroatoms. The number of carboxylic acid groups (broad SMARTS) is 1. The molecule has 0 aliphatic carbocycles. The molecule has 0 fully saturated rings. The highest BCUT2D eigenvalue weighted by Crippen LogP contribution is 2.24. The Morgan fingerprint density at radius 3 is 1.74 bits per heavy atom. The molecule has 0 spiro atoms. The largest absolute Gasteiger partial charge is 0.481 e. The number of hydrogen-bond acceptors (Lipinski definition) is 3. The van der Waals surface area contributed by atoms with E-state index in [4.69, 9.17) is 5.11 Å². The number of aliphatic carboxylic acids is 1. The lowest BCUT2D eigenvalue weighted by Crippen LogP contribution is -1.95. The van der Waals surface area contributed by atoms with Crippen LogP contribution in [-0.2, 0) is 17.6 Å².